The molecule has 0 aliphatic carbocycles. The van der Waals surface area contributed by atoms with Crippen LogP contribution in [0.25, 0.3) is 4.85 Å². The largest absolute Gasteiger partial charge is 0.351 e. The van der Waals surface area contributed by atoms with Crippen molar-refractivity contribution < 1.29 is 8.42 Å². The minimum absolute atomic E-state index is 0.0881. The molecule has 2 aromatic carbocycles. The van der Waals surface area contributed by atoms with E-state index >= 15 is 0 Å². The Kier molecular flexibility index (Phi) is 4.58. The van der Waals surface area contributed by atoms with Crippen molar-refractivity contribution in [3.63, 3.8) is 0 Å². The van der Waals surface area contributed by atoms with Gasteiger partial charge in [-0.3, -0.25) is 4.85 Å². The van der Waals surface area contributed by atoms with E-state index in [0.29, 0.717) is 5.02 Å². The van der Waals surface area contributed by atoms with E-state index in [1.807, 2.05) is 6.92 Å². The number of benzene rings is 2. The molecule has 0 aliphatic heterocycles. The third-order valence-corrected chi connectivity index (χ3v) is 5.44. The average Bonchev–Trinajstić information content (AvgIpc) is 2.43. The average molecular weight is 340 g/mol. The summed E-state index contributed by atoms with van der Waals surface area (Å²) in [6.45, 7) is 9.11. The van der Waals surface area contributed by atoms with Crippen molar-refractivity contribution in [2.45, 2.75) is 17.2 Å². The van der Waals surface area contributed by atoms with Crippen molar-refractivity contribution in [2.24, 2.45) is 0 Å². The first-order valence-electron chi connectivity index (χ1n) is 5.98. The normalized spacial score (nSPS) is 12.7. The summed E-state index contributed by atoms with van der Waals surface area (Å²) in [5.41, 5.74) is 1.13. The summed E-state index contributed by atoms with van der Waals surface area (Å²) in [6.07, 6.45) is 0. The predicted octanol–water partition coefficient (Wildman–Crippen LogP) is 4.69. The molecular weight excluding hydrogens is 329 g/mol. The second kappa shape index (κ2) is 6.07. The Morgan fingerprint density at radius 2 is 1.71 bits per heavy atom. The Balaban J connectivity index is 2.58. The first-order chi connectivity index (χ1) is 9.86. The van der Waals surface area contributed by atoms with E-state index in [1.54, 1.807) is 18.2 Å². The highest BCUT2D eigenvalue weighted by atomic mass is 35.5. The van der Waals surface area contributed by atoms with Gasteiger partial charge in [0.2, 0.25) is 0 Å². The molecule has 0 amide bonds. The van der Waals surface area contributed by atoms with E-state index in [-0.39, 0.29) is 15.5 Å². The van der Waals surface area contributed by atoms with Crippen LogP contribution >= 0.6 is 23.2 Å². The summed E-state index contributed by atoms with van der Waals surface area (Å²) in [4.78, 5) is 3.34. The zero-order valence-corrected chi connectivity index (χ0v) is 13.4. The molecule has 0 saturated carbocycles. The molecule has 0 aromatic heterocycles. The van der Waals surface area contributed by atoms with E-state index in [9.17, 15) is 8.42 Å². The summed E-state index contributed by atoms with van der Waals surface area (Å²) < 4.78 is 25.2. The minimum atomic E-state index is -3.86. The zero-order chi connectivity index (χ0) is 15.6. The highest BCUT2D eigenvalue weighted by Crippen LogP contribution is 2.35. The molecule has 2 rings (SSSR count). The van der Waals surface area contributed by atoms with Gasteiger partial charge in [-0.05, 0) is 37.3 Å². The molecule has 0 N–H and O–H groups in total. The van der Waals surface area contributed by atoms with Crippen LogP contribution in [0.1, 0.15) is 16.5 Å². The maximum Gasteiger partial charge on any atom is 0.351 e. The zero-order valence-electron chi connectivity index (χ0n) is 11.0. The van der Waals surface area contributed by atoms with Gasteiger partial charge in [0, 0.05) is 5.02 Å². The second-order valence-corrected chi connectivity index (χ2v) is 7.36. The number of sulfone groups is 1. The molecule has 0 aliphatic rings. The van der Waals surface area contributed by atoms with E-state index in [0.717, 1.165) is 5.56 Å². The van der Waals surface area contributed by atoms with Crippen LogP contribution in [0, 0.1) is 13.5 Å². The van der Waals surface area contributed by atoms with Gasteiger partial charge in [-0.25, -0.2) is 15.0 Å². The lowest BCUT2D eigenvalue weighted by Gasteiger charge is -2.10. The first-order valence-corrected chi connectivity index (χ1v) is 8.28. The molecule has 21 heavy (non-hydrogen) atoms. The van der Waals surface area contributed by atoms with Crippen molar-refractivity contribution in [3.8, 4) is 0 Å². The van der Waals surface area contributed by atoms with Gasteiger partial charge in [0.1, 0.15) is 0 Å². The standard InChI is InChI=1S/C15H11Cl2NO2S/c1-10-3-6-12(7-4-10)21(19,20)15(18-2)13-9-11(16)5-8-14(13)17/h3-9,15H,1H3. The topological polar surface area (TPSA) is 38.5 Å². The molecule has 0 saturated heterocycles. The highest BCUT2D eigenvalue weighted by molar-refractivity contribution is 7.91. The molecule has 0 fully saturated rings. The van der Waals surface area contributed by atoms with Gasteiger partial charge in [-0.1, -0.05) is 40.9 Å². The summed E-state index contributed by atoms with van der Waals surface area (Å²) in [5, 5.41) is -0.871. The highest BCUT2D eigenvalue weighted by Gasteiger charge is 2.36. The molecule has 1 unspecified atom stereocenters. The fourth-order valence-corrected chi connectivity index (χ4v) is 3.77. The van der Waals surface area contributed by atoms with Crippen LogP contribution in [0.3, 0.4) is 0 Å². The van der Waals surface area contributed by atoms with Gasteiger partial charge >= 0.3 is 5.37 Å². The Labute approximate surface area is 133 Å². The second-order valence-electron chi connectivity index (χ2n) is 4.51. The van der Waals surface area contributed by atoms with Crippen molar-refractivity contribution in [2.75, 3.05) is 0 Å². The van der Waals surface area contributed by atoms with Crippen molar-refractivity contribution >= 4 is 33.0 Å². The molecule has 2 aromatic rings. The summed E-state index contributed by atoms with van der Waals surface area (Å²) >= 11 is 11.9. The van der Waals surface area contributed by atoms with Crippen LogP contribution in [0.2, 0.25) is 10.0 Å². The lowest BCUT2D eigenvalue weighted by molar-refractivity contribution is 0.590. The van der Waals surface area contributed by atoms with Gasteiger partial charge in [0.05, 0.1) is 15.5 Å². The Morgan fingerprint density at radius 1 is 1.10 bits per heavy atom. The van der Waals surface area contributed by atoms with Crippen LogP contribution in [0.5, 0.6) is 0 Å². The van der Waals surface area contributed by atoms with Crippen LogP contribution in [0.15, 0.2) is 47.4 Å². The van der Waals surface area contributed by atoms with Crippen LogP contribution in [0.4, 0.5) is 0 Å². The molecule has 3 nitrogen and oxygen atoms in total. The summed E-state index contributed by atoms with van der Waals surface area (Å²) in [7, 11) is -3.86. The van der Waals surface area contributed by atoms with Crippen LogP contribution < -0.4 is 0 Å². The van der Waals surface area contributed by atoms with Crippen molar-refractivity contribution in [3.05, 3.63) is 75.1 Å². The number of halogens is 2. The molecule has 0 spiro atoms. The van der Waals surface area contributed by atoms with Crippen molar-refractivity contribution in [1.82, 2.24) is 0 Å². The molecule has 108 valence electrons. The maximum atomic E-state index is 12.6. The lowest BCUT2D eigenvalue weighted by Crippen LogP contribution is -2.11. The summed E-state index contributed by atoms with van der Waals surface area (Å²) in [5.74, 6) is 0. The number of rotatable bonds is 3. The SMILES string of the molecule is [C-]#[N+]C(c1cc(Cl)ccc1Cl)S(=O)(=O)c1ccc(C)cc1. The number of hydrogen-bond acceptors (Lipinski definition) is 2. The van der Waals surface area contributed by atoms with E-state index in [1.165, 1.54) is 24.3 Å². The van der Waals surface area contributed by atoms with Crippen LogP contribution in [-0.4, -0.2) is 8.42 Å². The van der Waals surface area contributed by atoms with Gasteiger partial charge in [0.15, 0.2) is 0 Å². The number of nitrogens with zero attached hydrogens (tertiary/aromatic N) is 1. The van der Waals surface area contributed by atoms with Crippen molar-refractivity contribution in [1.29, 1.82) is 0 Å². The van der Waals surface area contributed by atoms with E-state index in [2.05, 4.69) is 4.85 Å². The maximum absolute atomic E-state index is 12.6. The fourth-order valence-electron chi connectivity index (χ4n) is 1.87. The fraction of sp³-hybridized carbons (Fsp3) is 0.133. The molecule has 0 radical (unpaired) electrons. The van der Waals surface area contributed by atoms with E-state index < -0.39 is 15.2 Å². The van der Waals surface area contributed by atoms with Gasteiger partial charge in [-0.2, -0.15) is 0 Å². The van der Waals surface area contributed by atoms with E-state index in [4.69, 9.17) is 29.8 Å². The Hall–Kier alpha value is -1.54. The molecule has 0 bridgehead atoms. The van der Waals surface area contributed by atoms with Crippen LogP contribution in [-0.2, 0) is 9.84 Å². The Bertz CT molecular complexity index is 809. The lowest BCUT2D eigenvalue weighted by atomic mass is 10.2. The number of hydrogen-bond donors (Lipinski definition) is 0. The van der Waals surface area contributed by atoms with Gasteiger partial charge in [0.25, 0.3) is 9.84 Å². The molecule has 6 heteroatoms. The molecule has 1 atom stereocenters. The van der Waals surface area contributed by atoms with Gasteiger partial charge in [-0.15, -0.1) is 0 Å². The monoisotopic (exact) mass is 339 g/mol. The predicted molar refractivity (Wildman–Crippen MR) is 84.2 cm³/mol. The minimum Gasteiger partial charge on any atom is -0.291 e. The quantitative estimate of drug-likeness (QED) is 0.760. The molecule has 0 heterocycles. The van der Waals surface area contributed by atoms with Gasteiger partial charge < -0.3 is 0 Å². The Morgan fingerprint density at radius 3 is 2.29 bits per heavy atom. The smallest absolute Gasteiger partial charge is 0.291 e. The first kappa shape index (κ1) is 15.8. The third kappa shape index (κ3) is 3.21. The summed E-state index contributed by atoms with van der Waals surface area (Å²) in [6, 6.07) is 10.8. The molecular formula is C15H11Cl2NO2S. The number of aryl methyl sites for hydroxylation is 1. The third-order valence-electron chi connectivity index (χ3n) is 2.98.